The van der Waals surface area contributed by atoms with Crippen molar-refractivity contribution < 1.29 is 18.0 Å². The summed E-state index contributed by atoms with van der Waals surface area (Å²) in [5.74, 6) is -0.514. The van der Waals surface area contributed by atoms with Crippen molar-refractivity contribution in [1.29, 1.82) is 0 Å². The predicted octanol–water partition coefficient (Wildman–Crippen LogP) is 4.79. The Bertz CT molecular complexity index is 1360. The molecule has 7 nitrogen and oxygen atoms in total. The molecule has 208 valence electrons. The number of sulfonamides is 1. The number of nitrogens with one attached hydrogen (secondary N) is 1. The topological polar surface area (TPSA) is 86.8 Å². The van der Waals surface area contributed by atoms with Gasteiger partial charge in [0, 0.05) is 31.0 Å². The fourth-order valence-electron chi connectivity index (χ4n) is 4.06. The number of amides is 2. The molecular weight excluding hydrogens is 578 g/mol. The first-order chi connectivity index (χ1) is 18.5. The van der Waals surface area contributed by atoms with Crippen LogP contribution in [-0.4, -0.2) is 55.6 Å². The molecule has 0 saturated heterocycles. The molecule has 1 atom stereocenters. The first kappa shape index (κ1) is 30.5. The number of benzene rings is 3. The maximum absolute atomic E-state index is 13.9. The van der Waals surface area contributed by atoms with E-state index in [4.69, 9.17) is 0 Å². The molecule has 0 heterocycles. The lowest BCUT2D eigenvalue weighted by Crippen LogP contribution is -2.53. The van der Waals surface area contributed by atoms with Crippen LogP contribution in [0.15, 0.2) is 88.2 Å². The van der Waals surface area contributed by atoms with E-state index in [2.05, 4.69) is 21.2 Å². The standard InChI is InChI=1S/C30H36BrN3O4S/c1-22(2)19-32-30(36)28(18-24-9-6-5-7-10-24)34(20-25-11-8-12-26(31)17-25)29(35)21-33(4)39(37,38)27-15-13-23(3)14-16-27/h5-17,22,28H,18-21H2,1-4H3,(H,32,36)/t28-/m0/s1. The van der Waals surface area contributed by atoms with Gasteiger partial charge in [0.2, 0.25) is 21.8 Å². The molecule has 0 radical (unpaired) electrons. The average Bonchev–Trinajstić information content (AvgIpc) is 2.90. The Hall–Kier alpha value is -3.01. The Morgan fingerprint density at radius 1 is 0.923 bits per heavy atom. The van der Waals surface area contributed by atoms with Crippen molar-refractivity contribution in [3.05, 3.63) is 100 Å². The van der Waals surface area contributed by atoms with Crippen LogP contribution in [0.2, 0.25) is 0 Å². The van der Waals surface area contributed by atoms with Gasteiger partial charge < -0.3 is 10.2 Å². The van der Waals surface area contributed by atoms with Gasteiger partial charge in [-0.2, -0.15) is 4.31 Å². The van der Waals surface area contributed by atoms with Gasteiger partial charge >= 0.3 is 0 Å². The van der Waals surface area contributed by atoms with Crippen molar-refractivity contribution in [1.82, 2.24) is 14.5 Å². The van der Waals surface area contributed by atoms with Crippen molar-refractivity contribution in [3.63, 3.8) is 0 Å². The summed E-state index contributed by atoms with van der Waals surface area (Å²) >= 11 is 3.48. The molecule has 0 saturated carbocycles. The lowest BCUT2D eigenvalue weighted by molar-refractivity contribution is -0.141. The van der Waals surface area contributed by atoms with E-state index < -0.39 is 28.5 Å². The normalized spacial score (nSPS) is 12.4. The summed E-state index contributed by atoms with van der Waals surface area (Å²) in [6.07, 6.45) is 0.291. The van der Waals surface area contributed by atoms with E-state index in [1.54, 1.807) is 12.1 Å². The van der Waals surface area contributed by atoms with Crippen LogP contribution in [0.25, 0.3) is 0 Å². The highest BCUT2D eigenvalue weighted by atomic mass is 79.9. The fourth-order valence-corrected chi connectivity index (χ4v) is 5.63. The zero-order chi connectivity index (χ0) is 28.6. The van der Waals surface area contributed by atoms with Crippen LogP contribution >= 0.6 is 15.9 Å². The molecule has 0 fully saturated rings. The molecule has 0 bridgehead atoms. The minimum atomic E-state index is -3.91. The highest BCUT2D eigenvalue weighted by molar-refractivity contribution is 9.10. The Morgan fingerprint density at radius 2 is 1.56 bits per heavy atom. The van der Waals surface area contributed by atoms with Crippen LogP contribution in [0.5, 0.6) is 0 Å². The van der Waals surface area contributed by atoms with Gasteiger partial charge in [0.1, 0.15) is 6.04 Å². The average molecular weight is 615 g/mol. The number of carbonyl (C=O) groups is 2. The van der Waals surface area contributed by atoms with Crippen molar-refractivity contribution in [2.24, 2.45) is 5.92 Å². The minimum absolute atomic E-state index is 0.109. The second-order valence-electron chi connectivity index (χ2n) is 10.1. The van der Waals surface area contributed by atoms with E-state index in [1.165, 1.54) is 24.1 Å². The Labute approximate surface area is 240 Å². The van der Waals surface area contributed by atoms with Crippen molar-refractivity contribution in [2.45, 2.75) is 44.7 Å². The molecule has 0 spiro atoms. The van der Waals surface area contributed by atoms with Crippen LogP contribution < -0.4 is 5.32 Å². The molecule has 0 aliphatic rings. The quantitative estimate of drug-likeness (QED) is 0.318. The maximum atomic E-state index is 13.9. The Balaban J connectivity index is 1.96. The second-order valence-corrected chi connectivity index (χ2v) is 13.0. The number of carbonyl (C=O) groups excluding carboxylic acids is 2. The number of aryl methyl sites for hydroxylation is 1. The van der Waals surface area contributed by atoms with Crippen molar-refractivity contribution in [2.75, 3.05) is 20.1 Å². The fraction of sp³-hybridized carbons (Fsp3) is 0.333. The number of halogens is 1. The molecule has 3 aromatic rings. The Kier molecular flexibility index (Phi) is 10.9. The van der Waals surface area contributed by atoms with Crippen molar-refractivity contribution in [3.8, 4) is 0 Å². The third-order valence-electron chi connectivity index (χ3n) is 6.28. The van der Waals surface area contributed by atoms with E-state index in [-0.39, 0.29) is 23.3 Å². The third-order valence-corrected chi connectivity index (χ3v) is 8.60. The van der Waals surface area contributed by atoms with E-state index >= 15 is 0 Å². The number of hydrogen-bond donors (Lipinski definition) is 1. The molecule has 3 aromatic carbocycles. The van der Waals surface area contributed by atoms with Gasteiger partial charge in [-0.15, -0.1) is 0 Å². The summed E-state index contributed by atoms with van der Waals surface area (Å²) in [6.45, 7) is 6.07. The molecule has 0 aromatic heterocycles. The highest BCUT2D eigenvalue weighted by Gasteiger charge is 2.33. The van der Waals surface area contributed by atoms with E-state index in [0.29, 0.717) is 13.0 Å². The lowest BCUT2D eigenvalue weighted by Gasteiger charge is -2.33. The zero-order valence-electron chi connectivity index (χ0n) is 22.8. The summed E-state index contributed by atoms with van der Waals surface area (Å²) < 4.78 is 28.4. The van der Waals surface area contributed by atoms with E-state index in [0.717, 1.165) is 25.5 Å². The van der Waals surface area contributed by atoms with E-state index in [9.17, 15) is 18.0 Å². The van der Waals surface area contributed by atoms with Gasteiger partial charge in [0.15, 0.2) is 0 Å². The van der Waals surface area contributed by atoms with Crippen LogP contribution in [0.3, 0.4) is 0 Å². The lowest BCUT2D eigenvalue weighted by atomic mass is 10.0. The first-order valence-electron chi connectivity index (χ1n) is 12.9. The molecule has 3 rings (SSSR count). The predicted molar refractivity (Wildman–Crippen MR) is 157 cm³/mol. The van der Waals surface area contributed by atoms with Gasteiger partial charge in [0.25, 0.3) is 0 Å². The van der Waals surface area contributed by atoms with Gasteiger partial charge in [0.05, 0.1) is 11.4 Å². The van der Waals surface area contributed by atoms with Gasteiger partial charge in [-0.05, 0) is 48.2 Å². The Morgan fingerprint density at radius 3 is 2.18 bits per heavy atom. The van der Waals surface area contributed by atoms with Crippen LogP contribution in [0.4, 0.5) is 0 Å². The number of likely N-dealkylation sites (N-methyl/N-ethyl adjacent to an activating group) is 1. The minimum Gasteiger partial charge on any atom is -0.354 e. The largest absolute Gasteiger partial charge is 0.354 e. The smallest absolute Gasteiger partial charge is 0.243 e. The number of hydrogen-bond acceptors (Lipinski definition) is 4. The highest BCUT2D eigenvalue weighted by Crippen LogP contribution is 2.20. The summed E-state index contributed by atoms with van der Waals surface area (Å²) in [5, 5.41) is 2.98. The third kappa shape index (κ3) is 8.74. The first-order valence-corrected chi connectivity index (χ1v) is 15.1. The second kappa shape index (κ2) is 13.9. The molecule has 2 amide bonds. The molecule has 0 aliphatic heterocycles. The van der Waals surface area contributed by atoms with Gasteiger partial charge in [-0.25, -0.2) is 8.42 Å². The summed E-state index contributed by atoms with van der Waals surface area (Å²) in [5.41, 5.74) is 2.65. The van der Waals surface area contributed by atoms with E-state index in [1.807, 2.05) is 75.4 Å². The summed E-state index contributed by atoms with van der Waals surface area (Å²) in [4.78, 5) is 29.0. The summed E-state index contributed by atoms with van der Waals surface area (Å²) in [6, 6.07) is 22.7. The summed E-state index contributed by atoms with van der Waals surface area (Å²) in [7, 11) is -2.53. The van der Waals surface area contributed by atoms with Crippen LogP contribution in [0, 0.1) is 12.8 Å². The monoisotopic (exact) mass is 613 g/mol. The van der Waals surface area contributed by atoms with Gasteiger partial charge in [-0.1, -0.05) is 89.9 Å². The SMILES string of the molecule is Cc1ccc(S(=O)(=O)N(C)CC(=O)N(Cc2cccc(Br)c2)[C@@H](Cc2ccccc2)C(=O)NCC(C)C)cc1. The molecule has 39 heavy (non-hydrogen) atoms. The van der Waals surface area contributed by atoms with Crippen molar-refractivity contribution >= 4 is 37.8 Å². The number of nitrogens with zero attached hydrogens (tertiary/aromatic N) is 2. The molecule has 0 unspecified atom stereocenters. The molecule has 9 heteroatoms. The molecular formula is C30H36BrN3O4S. The number of rotatable bonds is 12. The van der Waals surface area contributed by atoms with Gasteiger partial charge in [-0.3, -0.25) is 9.59 Å². The maximum Gasteiger partial charge on any atom is 0.243 e. The molecule has 0 aliphatic carbocycles. The van der Waals surface area contributed by atoms with Crippen LogP contribution in [0.1, 0.15) is 30.5 Å². The van der Waals surface area contributed by atoms with Crippen LogP contribution in [-0.2, 0) is 32.6 Å². The molecule has 1 N–H and O–H groups in total. The zero-order valence-corrected chi connectivity index (χ0v) is 25.2.